The Labute approximate surface area is 76.2 Å². The molecule has 0 aliphatic carbocycles. The SMILES string of the molecule is C1=CNOC=C1.C1=CNOC=C1.O. The van der Waals surface area contributed by atoms with Gasteiger partial charge in [0.05, 0.1) is 0 Å². The number of rotatable bonds is 0. The largest absolute Gasteiger partial charge is 0.412 e. The molecule has 2 aliphatic heterocycles. The lowest BCUT2D eigenvalue weighted by atomic mass is 10.6. The summed E-state index contributed by atoms with van der Waals surface area (Å²) in [7, 11) is 0. The summed E-state index contributed by atoms with van der Waals surface area (Å²) < 4.78 is 0. The van der Waals surface area contributed by atoms with Crippen molar-refractivity contribution in [2.75, 3.05) is 0 Å². The highest BCUT2D eigenvalue weighted by Crippen LogP contribution is 1.81. The molecule has 0 fully saturated rings. The summed E-state index contributed by atoms with van der Waals surface area (Å²) in [5.74, 6) is 0. The first-order valence-corrected chi connectivity index (χ1v) is 3.46. The van der Waals surface area contributed by atoms with Crippen molar-refractivity contribution in [3.8, 4) is 0 Å². The molecule has 0 spiro atoms. The van der Waals surface area contributed by atoms with Crippen molar-refractivity contribution in [2.45, 2.75) is 0 Å². The van der Waals surface area contributed by atoms with Crippen molar-refractivity contribution in [3.05, 3.63) is 49.2 Å². The molecule has 4 N–H and O–H groups in total. The summed E-state index contributed by atoms with van der Waals surface area (Å²) >= 11 is 0. The van der Waals surface area contributed by atoms with Crippen LogP contribution in [0.2, 0.25) is 0 Å². The average molecular weight is 184 g/mol. The zero-order chi connectivity index (χ0) is 8.49. The van der Waals surface area contributed by atoms with Gasteiger partial charge in [-0.3, -0.25) is 0 Å². The predicted octanol–water partition coefficient (Wildman–Crippen LogP) is 0.272. The van der Waals surface area contributed by atoms with Crippen LogP contribution < -0.4 is 11.0 Å². The average Bonchev–Trinajstić information content (AvgIpc) is 2.24. The van der Waals surface area contributed by atoms with Crippen molar-refractivity contribution in [2.24, 2.45) is 0 Å². The zero-order valence-corrected chi connectivity index (χ0v) is 6.94. The smallest absolute Gasteiger partial charge is 0.119 e. The standard InChI is InChI=1S/2C4H5NO.H2O/c2*1-2-4-6-5-3-1;/h2*1-5H;1H2. The third-order valence-corrected chi connectivity index (χ3v) is 0.980. The van der Waals surface area contributed by atoms with Gasteiger partial charge in [-0.2, -0.15) is 0 Å². The number of hydroxylamine groups is 2. The van der Waals surface area contributed by atoms with E-state index in [9.17, 15) is 0 Å². The second-order valence-corrected chi connectivity index (χ2v) is 1.85. The Morgan fingerprint density at radius 1 is 0.692 bits per heavy atom. The molecule has 0 aromatic heterocycles. The quantitative estimate of drug-likeness (QED) is 0.566. The molecule has 2 heterocycles. The van der Waals surface area contributed by atoms with Crippen molar-refractivity contribution < 1.29 is 15.2 Å². The third kappa shape index (κ3) is 6.52. The molecule has 0 aromatic rings. The number of hydrogen-bond acceptors (Lipinski definition) is 4. The highest BCUT2D eigenvalue weighted by Gasteiger charge is 1.73. The Hall–Kier alpha value is -1.88. The van der Waals surface area contributed by atoms with Crippen LogP contribution in [-0.2, 0) is 9.68 Å². The lowest BCUT2D eigenvalue weighted by molar-refractivity contribution is 0.172. The molecule has 0 aromatic carbocycles. The molecule has 13 heavy (non-hydrogen) atoms. The molecule has 0 saturated heterocycles. The van der Waals surface area contributed by atoms with Crippen molar-refractivity contribution in [1.29, 1.82) is 0 Å². The second kappa shape index (κ2) is 8.22. The molecule has 0 unspecified atom stereocenters. The van der Waals surface area contributed by atoms with Crippen LogP contribution in [0.3, 0.4) is 0 Å². The molecular formula is C8H12N2O3. The van der Waals surface area contributed by atoms with Gasteiger partial charge in [-0.15, -0.1) is 0 Å². The van der Waals surface area contributed by atoms with Crippen LogP contribution >= 0.6 is 0 Å². The van der Waals surface area contributed by atoms with Gasteiger partial charge in [0.2, 0.25) is 0 Å². The van der Waals surface area contributed by atoms with E-state index < -0.39 is 0 Å². The minimum absolute atomic E-state index is 0. The van der Waals surface area contributed by atoms with Crippen molar-refractivity contribution in [3.63, 3.8) is 0 Å². The van der Waals surface area contributed by atoms with Gasteiger partial charge >= 0.3 is 0 Å². The summed E-state index contributed by atoms with van der Waals surface area (Å²) in [5, 5.41) is 0. The fourth-order valence-electron chi connectivity index (χ4n) is 0.516. The molecule has 0 atom stereocenters. The van der Waals surface area contributed by atoms with E-state index in [-0.39, 0.29) is 5.48 Å². The normalized spacial score (nSPS) is 14.8. The van der Waals surface area contributed by atoms with Crippen molar-refractivity contribution >= 4 is 0 Å². The number of allylic oxidation sites excluding steroid dienone is 4. The van der Waals surface area contributed by atoms with E-state index in [0.29, 0.717) is 0 Å². The highest BCUT2D eigenvalue weighted by atomic mass is 16.6. The molecule has 0 saturated carbocycles. The van der Waals surface area contributed by atoms with Crippen LogP contribution in [0.5, 0.6) is 0 Å². The Morgan fingerprint density at radius 3 is 1.23 bits per heavy atom. The Morgan fingerprint density at radius 2 is 1.15 bits per heavy atom. The topological polar surface area (TPSA) is 74.0 Å². The molecule has 0 radical (unpaired) electrons. The van der Waals surface area contributed by atoms with E-state index in [4.69, 9.17) is 0 Å². The maximum absolute atomic E-state index is 4.55. The molecule has 5 heteroatoms. The van der Waals surface area contributed by atoms with Gasteiger partial charge in [0.1, 0.15) is 12.5 Å². The van der Waals surface area contributed by atoms with E-state index in [2.05, 4.69) is 20.6 Å². The molecule has 72 valence electrons. The van der Waals surface area contributed by atoms with Gasteiger partial charge < -0.3 is 15.2 Å². The first-order valence-electron chi connectivity index (χ1n) is 3.46. The van der Waals surface area contributed by atoms with Crippen LogP contribution in [0.25, 0.3) is 0 Å². The number of nitrogens with one attached hydrogen (secondary N) is 2. The zero-order valence-electron chi connectivity index (χ0n) is 6.94. The minimum Gasteiger partial charge on any atom is -0.412 e. The fraction of sp³-hybridized carbons (Fsp3) is 0. The van der Waals surface area contributed by atoms with Crippen LogP contribution in [0.1, 0.15) is 0 Å². The van der Waals surface area contributed by atoms with Gasteiger partial charge in [-0.25, -0.2) is 11.0 Å². The Balaban J connectivity index is 0.000000206. The van der Waals surface area contributed by atoms with E-state index in [0.717, 1.165) is 0 Å². The molecule has 5 nitrogen and oxygen atoms in total. The molecule has 0 amide bonds. The van der Waals surface area contributed by atoms with E-state index in [1.165, 1.54) is 0 Å². The lowest BCUT2D eigenvalue weighted by Gasteiger charge is -1.97. The second-order valence-electron chi connectivity index (χ2n) is 1.85. The molecule has 2 aliphatic rings. The molecule has 2 rings (SSSR count). The summed E-state index contributed by atoms with van der Waals surface area (Å²) in [6.07, 6.45) is 13.9. The van der Waals surface area contributed by atoms with E-state index in [1.807, 2.05) is 12.2 Å². The van der Waals surface area contributed by atoms with Gasteiger partial charge in [-0.1, -0.05) is 0 Å². The predicted molar refractivity (Wildman–Crippen MR) is 48.6 cm³/mol. The van der Waals surface area contributed by atoms with Gasteiger partial charge in [-0.05, 0) is 24.3 Å². The van der Waals surface area contributed by atoms with E-state index >= 15 is 0 Å². The van der Waals surface area contributed by atoms with Crippen LogP contribution in [0.15, 0.2) is 49.2 Å². The van der Waals surface area contributed by atoms with Crippen molar-refractivity contribution in [1.82, 2.24) is 11.0 Å². The lowest BCUT2D eigenvalue weighted by Crippen LogP contribution is -2.01. The highest BCUT2D eigenvalue weighted by molar-refractivity contribution is 5.00. The van der Waals surface area contributed by atoms with Gasteiger partial charge in [0.25, 0.3) is 0 Å². The van der Waals surface area contributed by atoms with E-state index in [1.54, 1.807) is 37.1 Å². The summed E-state index contributed by atoms with van der Waals surface area (Å²) in [6, 6.07) is 0. The molecular weight excluding hydrogens is 172 g/mol. The van der Waals surface area contributed by atoms with Crippen LogP contribution in [-0.4, -0.2) is 5.48 Å². The third-order valence-electron chi connectivity index (χ3n) is 0.980. The maximum atomic E-state index is 4.55. The summed E-state index contributed by atoms with van der Waals surface area (Å²) in [5.41, 5.74) is 5.03. The van der Waals surface area contributed by atoms with Crippen LogP contribution in [0, 0.1) is 0 Å². The Bertz CT molecular complexity index is 173. The van der Waals surface area contributed by atoms with Gasteiger partial charge in [0.15, 0.2) is 0 Å². The maximum Gasteiger partial charge on any atom is 0.119 e. The minimum atomic E-state index is 0. The Kier molecular flexibility index (Phi) is 7.03. The first-order chi connectivity index (χ1) is 6.00. The number of hydrogen-bond donors (Lipinski definition) is 2. The van der Waals surface area contributed by atoms with Gasteiger partial charge in [0, 0.05) is 12.4 Å². The summed E-state index contributed by atoms with van der Waals surface area (Å²) in [4.78, 5) is 9.10. The monoisotopic (exact) mass is 184 g/mol. The first kappa shape index (κ1) is 11.1. The summed E-state index contributed by atoms with van der Waals surface area (Å²) in [6.45, 7) is 0. The fourth-order valence-corrected chi connectivity index (χ4v) is 0.516. The van der Waals surface area contributed by atoms with Crippen LogP contribution in [0.4, 0.5) is 0 Å². The molecule has 0 bridgehead atoms.